The Morgan fingerprint density at radius 1 is 1.19 bits per heavy atom. The smallest absolute Gasteiger partial charge is 0.333 e. The van der Waals surface area contributed by atoms with Crippen LogP contribution in [-0.2, 0) is 23.8 Å². The number of carboxylic acid groups (broad SMARTS) is 1. The van der Waals surface area contributed by atoms with Crippen LogP contribution < -0.4 is 5.11 Å². The number of carbonyl (C=O) groups excluding carboxylic acids is 2. The van der Waals surface area contributed by atoms with E-state index in [4.69, 9.17) is 14.2 Å². The van der Waals surface area contributed by atoms with Crippen LogP contribution in [0.25, 0.3) is 0 Å². The zero-order chi connectivity index (χ0) is 19.4. The molecule has 0 aromatic rings. The molecule has 5 rings (SSSR count). The van der Waals surface area contributed by atoms with E-state index in [1.165, 1.54) is 0 Å². The van der Waals surface area contributed by atoms with Crippen molar-refractivity contribution in [3.05, 3.63) is 12.2 Å². The lowest BCUT2D eigenvalue weighted by atomic mass is 9.47. The first-order chi connectivity index (χ1) is 12.7. The quantitative estimate of drug-likeness (QED) is 0.545. The minimum Gasteiger partial charge on any atom is -0.550 e. The summed E-state index contributed by atoms with van der Waals surface area (Å²) in [5.74, 6) is -1.79. The van der Waals surface area contributed by atoms with Crippen molar-refractivity contribution in [3.8, 4) is 0 Å². The monoisotopic (exact) mass is 379 g/mol. The third-order valence-corrected chi connectivity index (χ3v) is 7.16. The Labute approximate surface area is 158 Å². The molecule has 0 aromatic carbocycles. The SMILES string of the molecule is C=C(C)C(=O)OCC1(CO)COC2(OC1)C1CC3CC2CC(C(=O)[O-])(C3)C1. The molecule has 0 aromatic heterocycles. The maximum absolute atomic E-state index is 11.8. The molecule has 5 fully saturated rings. The number of esters is 1. The van der Waals surface area contributed by atoms with Crippen molar-refractivity contribution in [1.82, 2.24) is 0 Å². The first-order valence-electron chi connectivity index (χ1n) is 9.67. The van der Waals surface area contributed by atoms with E-state index < -0.39 is 28.6 Å². The van der Waals surface area contributed by atoms with Crippen LogP contribution in [0.2, 0.25) is 0 Å². The van der Waals surface area contributed by atoms with Crippen molar-refractivity contribution in [2.75, 3.05) is 26.4 Å². The molecule has 0 radical (unpaired) electrons. The van der Waals surface area contributed by atoms with Gasteiger partial charge < -0.3 is 29.2 Å². The minimum atomic E-state index is -0.941. The highest BCUT2D eigenvalue weighted by Gasteiger charge is 2.66. The van der Waals surface area contributed by atoms with Crippen molar-refractivity contribution >= 4 is 11.9 Å². The van der Waals surface area contributed by atoms with E-state index in [0.29, 0.717) is 30.8 Å². The zero-order valence-corrected chi connectivity index (χ0v) is 15.7. The molecular formula is C20H27O7-. The molecule has 7 heteroatoms. The zero-order valence-electron chi connectivity index (χ0n) is 15.7. The summed E-state index contributed by atoms with van der Waals surface area (Å²) in [6.45, 7) is 5.31. The predicted molar refractivity (Wildman–Crippen MR) is 90.9 cm³/mol. The Balaban J connectivity index is 1.48. The summed E-state index contributed by atoms with van der Waals surface area (Å²) in [6, 6.07) is 0. The molecule has 4 aliphatic carbocycles. The summed E-state index contributed by atoms with van der Waals surface area (Å²) in [5, 5.41) is 21.7. The normalized spacial score (nSPS) is 45.0. The fraction of sp³-hybridized carbons (Fsp3) is 0.800. The largest absolute Gasteiger partial charge is 0.550 e. The van der Waals surface area contributed by atoms with Gasteiger partial charge in [0.25, 0.3) is 0 Å². The summed E-state index contributed by atoms with van der Waals surface area (Å²) in [5.41, 5.74) is -1.25. The lowest BCUT2D eigenvalue weighted by Gasteiger charge is -2.66. The second-order valence-corrected chi connectivity index (χ2v) is 9.22. The molecule has 27 heavy (non-hydrogen) atoms. The van der Waals surface area contributed by atoms with Gasteiger partial charge in [-0.3, -0.25) is 0 Å². The fourth-order valence-corrected chi connectivity index (χ4v) is 5.83. The molecular weight excluding hydrogens is 352 g/mol. The molecule has 2 atom stereocenters. The summed E-state index contributed by atoms with van der Waals surface area (Å²) >= 11 is 0. The molecule has 7 nitrogen and oxygen atoms in total. The molecule has 1 N–H and O–H groups in total. The highest BCUT2D eigenvalue weighted by Crippen LogP contribution is 2.65. The first kappa shape index (κ1) is 18.9. The number of aliphatic carboxylic acids is 1. The summed E-state index contributed by atoms with van der Waals surface area (Å²) in [6.07, 6.45) is 3.57. The standard InChI is InChI=1S/C20H28O7/c1-12(2)16(22)25-9-18(8-21)10-26-20(27-11-18)14-3-13-4-15(20)7-19(5-13,6-14)17(23)24/h13-15,21H,1,3-11H2,2H3,(H,23,24)/p-1. The van der Waals surface area contributed by atoms with Gasteiger partial charge in [0.05, 0.1) is 25.2 Å². The second-order valence-electron chi connectivity index (χ2n) is 9.22. The molecule has 150 valence electrons. The molecule has 0 amide bonds. The number of carboxylic acids is 1. The summed E-state index contributed by atoms with van der Waals surface area (Å²) in [4.78, 5) is 23.5. The van der Waals surface area contributed by atoms with E-state index in [1.54, 1.807) is 6.92 Å². The maximum Gasteiger partial charge on any atom is 0.333 e. The molecule has 1 aliphatic heterocycles. The second kappa shape index (κ2) is 6.29. The summed E-state index contributed by atoms with van der Waals surface area (Å²) in [7, 11) is 0. The molecule has 1 saturated heterocycles. The van der Waals surface area contributed by atoms with Gasteiger partial charge in [-0.2, -0.15) is 0 Å². The van der Waals surface area contributed by atoms with Crippen LogP contribution >= 0.6 is 0 Å². The Bertz CT molecular complexity index is 643. The number of aliphatic hydroxyl groups is 1. The number of rotatable bonds is 5. The van der Waals surface area contributed by atoms with Gasteiger partial charge in [0, 0.05) is 28.8 Å². The van der Waals surface area contributed by atoms with Gasteiger partial charge in [0.15, 0.2) is 5.79 Å². The highest BCUT2D eigenvalue weighted by atomic mass is 16.7. The lowest BCUT2D eigenvalue weighted by Crippen LogP contribution is -2.69. The van der Waals surface area contributed by atoms with Crippen molar-refractivity contribution in [1.29, 1.82) is 0 Å². The van der Waals surface area contributed by atoms with Gasteiger partial charge in [-0.15, -0.1) is 0 Å². The number of hydrogen-bond donors (Lipinski definition) is 1. The van der Waals surface area contributed by atoms with Gasteiger partial charge in [-0.05, 0) is 44.9 Å². The third kappa shape index (κ3) is 2.82. The Morgan fingerprint density at radius 3 is 2.26 bits per heavy atom. The van der Waals surface area contributed by atoms with E-state index >= 15 is 0 Å². The van der Waals surface area contributed by atoms with Crippen LogP contribution in [0.1, 0.15) is 39.0 Å². The predicted octanol–water partition coefficient (Wildman–Crippen LogP) is 0.404. The van der Waals surface area contributed by atoms with E-state index in [1.807, 2.05) is 0 Å². The van der Waals surface area contributed by atoms with Gasteiger partial charge in [0.1, 0.15) is 6.61 Å². The van der Waals surface area contributed by atoms with Gasteiger partial charge in [-0.25, -0.2) is 4.79 Å². The van der Waals surface area contributed by atoms with Crippen molar-refractivity contribution in [2.24, 2.45) is 28.6 Å². The van der Waals surface area contributed by atoms with E-state index in [-0.39, 0.29) is 38.3 Å². The van der Waals surface area contributed by atoms with Crippen LogP contribution in [0, 0.1) is 28.6 Å². The van der Waals surface area contributed by atoms with Crippen LogP contribution in [0.4, 0.5) is 0 Å². The lowest BCUT2D eigenvalue weighted by molar-refractivity contribution is -0.398. The molecule has 4 bridgehead atoms. The Morgan fingerprint density at radius 2 is 1.78 bits per heavy atom. The average molecular weight is 379 g/mol. The van der Waals surface area contributed by atoms with Crippen molar-refractivity contribution in [3.63, 3.8) is 0 Å². The van der Waals surface area contributed by atoms with E-state index in [0.717, 1.165) is 12.8 Å². The summed E-state index contributed by atoms with van der Waals surface area (Å²) < 4.78 is 17.7. The number of aliphatic hydroxyl groups excluding tert-OH is 1. The number of hydrogen-bond acceptors (Lipinski definition) is 7. The van der Waals surface area contributed by atoms with E-state index in [9.17, 15) is 19.8 Å². The van der Waals surface area contributed by atoms with E-state index in [2.05, 4.69) is 6.58 Å². The third-order valence-electron chi connectivity index (χ3n) is 7.16. The molecule has 2 unspecified atom stereocenters. The van der Waals surface area contributed by atoms with Crippen LogP contribution in [0.5, 0.6) is 0 Å². The molecule has 1 spiro atoms. The first-order valence-corrected chi connectivity index (χ1v) is 9.67. The minimum absolute atomic E-state index is 0.00772. The molecule has 1 heterocycles. The van der Waals surface area contributed by atoms with Crippen molar-refractivity contribution in [2.45, 2.75) is 44.8 Å². The number of carbonyl (C=O) groups is 2. The maximum atomic E-state index is 11.8. The van der Waals surface area contributed by atoms with Crippen molar-refractivity contribution < 1.29 is 34.0 Å². The number of ether oxygens (including phenoxy) is 3. The van der Waals surface area contributed by atoms with Crippen LogP contribution in [-0.4, -0.2) is 49.3 Å². The molecule has 5 aliphatic rings. The topological polar surface area (TPSA) is 105 Å². The highest BCUT2D eigenvalue weighted by molar-refractivity contribution is 5.86. The van der Waals surface area contributed by atoms with Gasteiger partial charge in [-0.1, -0.05) is 6.58 Å². The Hall–Kier alpha value is -1.44. The fourth-order valence-electron chi connectivity index (χ4n) is 5.83. The van der Waals surface area contributed by atoms with Crippen LogP contribution in [0.3, 0.4) is 0 Å². The molecule has 4 saturated carbocycles. The average Bonchev–Trinajstić information content (AvgIpc) is 2.64. The Kier molecular flexibility index (Phi) is 4.40. The van der Waals surface area contributed by atoms with Crippen LogP contribution in [0.15, 0.2) is 12.2 Å². The van der Waals surface area contributed by atoms with Gasteiger partial charge in [0.2, 0.25) is 0 Å². The van der Waals surface area contributed by atoms with Gasteiger partial charge >= 0.3 is 5.97 Å².